The standard InChI is InChI=1S/C24H23N5O2/c1-3-4-13-28-15-25-22-20(24(28)30)21-23(27-19-8-6-5-7-18(19)26-21)29(22)14-16-9-11-17(31-2)12-10-16/h5-12,15H,3-4,13-14H2,1-2H3. The van der Waals surface area contributed by atoms with Gasteiger partial charge in [-0.1, -0.05) is 37.6 Å². The van der Waals surface area contributed by atoms with E-state index in [9.17, 15) is 4.79 Å². The van der Waals surface area contributed by atoms with Crippen LogP contribution in [0.15, 0.2) is 59.7 Å². The number of fused-ring (bicyclic) bond motifs is 4. The fourth-order valence-corrected chi connectivity index (χ4v) is 3.89. The molecule has 5 rings (SSSR count). The van der Waals surface area contributed by atoms with E-state index < -0.39 is 0 Å². The summed E-state index contributed by atoms with van der Waals surface area (Å²) in [6, 6.07) is 15.6. The lowest BCUT2D eigenvalue weighted by Gasteiger charge is -2.08. The third-order valence-corrected chi connectivity index (χ3v) is 5.57. The normalized spacial score (nSPS) is 11.5. The van der Waals surface area contributed by atoms with Gasteiger partial charge in [-0.25, -0.2) is 15.0 Å². The molecule has 0 unspecified atom stereocenters. The van der Waals surface area contributed by atoms with Crippen molar-refractivity contribution in [1.82, 2.24) is 24.1 Å². The molecule has 0 atom stereocenters. The van der Waals surface area contributed by atoms with Crippen molar-refractivity contribution in [3.05, 3.63) is 70.8 Å². The molecule has 3 heterocycles. The highest BCUT2D eigenvalue weighted by Gasteiger charge is 2.20. The Labute approximate surface area is 179 Å². The highest BCUT2D eigenvalue weighted by molar-refractivity contribution is 6.04. The smallest absolute Gasteiger partial charge is 0.265 e. The van der Waals surface area contributed by atoms with Gasteiger partial charge in [-0.05, 0) is 36.2 Å². The lowest BCUT2D eigenvalue weighted by molar-refractivity contribution is 0.414. The summed E-state index contributed by atoms with van der Waals surface area (Å²) in [5, 5.41) is 0.528. The molecule has 0 aliphatic rings. The van der Waals surface area contributed by atoms with Gasteiger partial charge in [-0.15, -0.1) is 0 Å². The molecule has 0 spiro atoms. The van der Waals surface area contributed by atoms with Crippen LogP contribution < -0.4 is 10.3 Å². The van der Waals surface area contributed by atoms with Crippen LogP contribution in [0.5, 0.6) is 5.75 Å². The number of unbranched alkanes of at least 4 members (excludes halogenated alkanes) is 1. The van der Waals surface area contributed by atoms with Gasteiger partial charge in [-0.3, -0.25) is 9.36 Å². The van der Waals surface area contributed by atoms with Gasteiger partial charge in [0.05, 0.1) is 31.0 Å². The van der Waals surface area contributed by atoms with Crippen molar-refractivity contribution in [3.8, 4) is 5.75 Å². The van der Waals surface area contributed by atoms with Gasteiger partial charge in [0, 0.05) is 6.54 Å². The van der Waals surface area contributed by atoms with E-state index in [-0.39, 0.29) is 5.56 Å². The SMILES string of the molecule is CCCCn1cnc2c(c1=O)c1nc3ccccc3nc1n2Cc1ccc(OC)cc1. The van der Waals surface area contributed by atoms with Crippen molar-refractivity contribution < 1.29 is 4.74 Å². The second kappa shape index (κ2) is 7.83. The molecule has 7 nitrogen and oxygen atoms in total. The van der Waals surface area contributed by atoms with E-state index in [0.717, 1.165) is 35.2 Å². The summed E-state index contributed by atoms with van der Waals surface area (Å²) in [4.78, 5) is 27.7. The van der Waals surface area contributed by atoms with E-state index in [1.54, 1.807) is 18.0 Å². The number of para-hydroxylation sites is 2. The van der Waals surface area contributed by atoms with E-state index >= 15 is 0 Å². The third-order valence-electron chi connectivity index (χ3n) is 5.57. The molecule has 0 N–H and O–H groups in total. The number of ether oxygens (including phenoxy) is 1. The van der Waals surface area contributed by atoms with Crippen molar-refractivity contribution in [2.45, 2.75) is 32.9 Å². The molecular weight excluding hydrogens is 390 g/mol. The van der Waals surface area contributed by atoms with Crippen LogP contribution in [0.2, 0.25) is 0 Å². The summed E-state index contributed by atoms with van der Waals surface area (Å²) in [5.74, 6) is 0.800. The van der Waals surface area contributed by atoms with Gasteiger partial charge >= 0.3 is 0 Å². The van der Waals surface area contributed by atoms with Crippen LogP contribution in [0.3, 0.4) is 0 Å². The quantitative estimate of drug-likeness (QED) is 0.418. The Balaban J connectivity index is 1.77. The molecule has 0 saturated heterocycles. The van der Waals surface area contributed by atoms with E-state index in [2.05, 4.69) is 11.9 Å². The Kier molecular flexibility index (Phi) is 4.86. The summed E-state index contributed by atoms with van der Waals surface area (Å²) < 4.78 is 8.93. The zero-order chi connectivity index (χ0) is 21.4. The van der Waals surface area contributed by atoms with Crippen molar-refractivity contribution >= 4 is 33.2 Å². The van der Waals surface area contributed by atoms with Crippen LogP contribution in [0.1, 0.15) is 25.3 Å². The van der Waals surface area contributed by atoms with Gasteiger partial charge in [0.2, 0.25) is 0 Å². The predicted octanol–water partition coefficient (Wildman–Crippen LogP) is 4.15. The highest BCUT2D eigenvalue weighted by Crippen LogP contribution is 2.26. The summed E-state index contributed by atoms with van der Waals surface area (Å²) in [6.45, 7) is 3.28. The first-order chi connectivity index (χ1) is 15.2. The Bertz CT molecular complexity index is 1450. The molecule has 0 aliphatic carbocycles. The van der Waals surface area contributed by atoms with Crippen LogP contribution in [-0.4, -0.2) is 31.2 Å². The minimum absolute atomic E-state index is 0.0680. The zero-order valence-electron chi connectivity index (χ0n) is 17.6. The number of benzene rings is 2. The minimum Gasteiger partial charge on any atom is -0.497 e. The summed E-state index contributed by atoms with van der Waals surface area (Å²) in [7, 11) is 1.65. The summed E-state index contributed by atoms with van der Waals surface area (Å²) in [6.07, 6.45) is 3.57. The molecule has 0 bridgehead atoms. The van der Waals surface area contributed by atoms with Crippen LogP contribution in [-0.2, 0) is 13.1 Å². The number of methoxy groups -OCH3 is 1. The summed E-state index contributed by atoms with van der Waals surface area (Å²) in [5.41, 5.74) is 4.43. The van der Waals surface area contributed by atoms with Gasteiger partial charge in [0.1, 0.15) is 16.7 Å². The monoisotopic (exact) mass is 413 g/mol. The first-order valence-electron chi connectivity index (χ1n) is 10.5. The van der Waals surface area contributed by atoms with Gasteiger partial charge in [0.25, 0.3) is 5.56 Å². The molecular formula is C24H23N5O2. The van der Waals surface area contributed by atoms with Crippen LogP contribution in [0.25, 0.3) is 33.2 Å². The Hall–Kier alpha value is -3.74. The molecule has 5 aromatic rings. The van der Waals surface area contributed by atoms with E-state index in [0.29, 0.717) is 35.3 Å². The van der Waals surface area contributed by atoms with E-state index in [4.69, 9.17) is 14.7 Å². The van der Waals surface area contributed by atoms with Crippen LogP contribution in [0, 0.1) is 0 Å². The summed E-state index contributed by atoms with van der Waals surface area (Å²) >= 11 is 0. The molecule has 0 amide bonds. The average Bonchev–Trinajstić information content (AvgIpc) is 3.10. The molecule has 156 valence electrons. The number of nitrogens with zero attached hydrogens (tertiary/aromatic N) is 5. The van der Waals surface area contributed by atoms with Gasteiger partial charge in [-0.2, -0.15) is 0 Å². The van der Waals surface area contributed by atoms with Crippen LogP contribution >= 0.6 is 0 Å². The molecule has 0 saturated carbocycles. The maximum Gasteiger partial charge on any atom is 0.265 e. The van der Waals surface area contributed by atoms with E-state index in [1.807, 2.05) is 53.1 Å². The second-order valence-electron chi connectivity index (χ2n) is 7.61. The van der Waals surface area contributed by atoms with Gasteiger partial charge in [0.15, 0.2) is 11.3 Å². The predicted molar refractivity (Wildman–Crippen MR) is 122 cm³/mol. The topological polar surface area (TPSA) is 74.8 Å². The van der Waals surface area contributed by atoms with Crippen molar-refractivity contribution in [2.75, 3.05) is 7.11 Å². The molecule has 0 aliphatic heterocycles. The lowest BCUT2D eigenvalue weighted by atomic mass is 10.2. The number of rotatable bonds is 6. The fourth-order valence-electron chi connectivity index (χ4n) is 3.89. The zero-order valence-corrected chi connectivity index (χ0v) is 17.6. The molecule has 3 aromatic heterocycles. The van der Waals surface area contributed by atoms with Crippen molar-refractivity contribution in [1.29, 1.82) is 0 Å². The Morgan fingerprint density at radius 1 is 0.968 bits per heavy atom. The fraction of sp³-hybridized carbons (Fsp3) is 0.250. The third kappa shape index (κ3) is 3.32. The first kappa shape index (κ1) is 19.2. The maximum absolute atomic E-state index is 13.4. The Morgan fingerprint density at radius 3 is 2.42 bits per heavy atom. The number of aryl methyl sites for hydroxylation is 1. The first-order valence-corrected chi connectivity index (χ1v) is 10.5. The minimum atomic E-state index is -0.0680. The molecule has 7 heteroatoms. The Morgan fingerprint density at radius 2 is 1.71 bits per heavy atom. The lowest BCUT2D eigenvalue weighted by Crippen LogP contribution is -2.20. The number of aromatic nitrogens is 5. The number of hydrogen-bond donors (Lipinski definition) is 0. The molecule has 0 fully saturated rings. The molecule has 31 heavy (non-hydrogen) atoms. The van der Waals surface area contributed by atoms with Gasteiger partial charge < -0.3 is 9.30 Å². The van der Waals surface area contributed by atoms with Crippen molar-refractivity contribution in [3.63, 3.8) is 0 Å². The van der Waals surface area contributed by atoms with E-state index in [1.165, 1.54) is 0 Å². The largest absolute Gasteiger partial charge is 0.497 e. The molecule has 2 aromatic carbocycles. The highest BCUT2D eigenvalue weighted by atomic mass is 16.5. The average molecular weight is 413 g/mol. The second-order valence-corrected chi connectivity index (χ2v) is 7.61. The van der Waals surface area contributed by atoms with Crippen LogP contribution in [0.4, 0.5) is 0 Å². The molecule has 0 radical (unpaired) electrons. The van der Waals surface area contributed by atoms with Crippen molar-refractivity contribution in [2.24, 2.45) is 0 Å². The number of hydrogen-bond acceptors (Lipinski definition) is 5. The maximum atomic E-state index is 13.4.